The number of ether oxygens (including phenoxy) is 1. The molecule has 0 heterocycles. The van der Waals surface area contributed by atoms with Crippen LogP contribution in [-0.2, 0) is 4.74 Å². The van der Waals surface area contributed by atoms with Crippen LogP contribution in [-0.4, -0.2) is 43.6 Å². The number of nitrogens with two attached hydrogens (primary N) is 1. The first-order chi connectivity index (χ1) is 7.47. The lowest BCUT2D eigenvalue weighted by Crippen LogP contribution is -2.36. The van der Waals surface area contributed by atoms with Gasteiger partial charge >= 0.3 is 0 Å². The molecule has 0 rings (SSSR count). The third-order valence-electron chi connectivity index (χ3n) is 2.51. The maximum absolute atomic E-state index is 7.36. The van der Waals surface area contributed by atoms with E-state index in [1.807, 2.05) is 6.92 Å². The van der Waals surface area contributed by atoms with E-state index in [0.29, 0.717) is 5.92 Å². The Kier molecular flexibility index (Phi) is 8.21. The van der Waals surface area contributed by atoms with Crippen molar-refractivity contribution in [2.75, 3.05) is 32.8 Å². The molecule has 0 aromatic carbocycles. The summed E-state index contributed by atoms with van der Waals surface area (Å²) in [5.41, 5.74) is 5.46. The number of amidine groups is 1. The van der Waals surface area contributed by atoms with Gasteiger partial charge in [0.1, 0.15) is 0 Å². The molecule has 0 radical (unpaired) electrons. The quantitative estimate of drug-likeness (QED) is 0.358. The predicted octanol–water partition coefficient (Wildman–Crippen LogP) is 1.55. The Morgan fingerprint density at radius 2 is 2.00 bits per heavy atom. The van der Waals surface area contributed by atoms with Crippen LogP contribution >= 0.6 is 0 Å². The zero-order valence-electron chi connectivity index (χ0n) is 11.1. The van der Waals surface area contributed by atoms with Gasteiger partial charge in [0.15, 0.2) is 0 Å². The van der Waals surface area contributed by atoms with Gasteiger partial charge in [0.2, 0.25) is 0 Å². The van der Waals surface area contributed by atoms with E-state index in [1.165, 1.54) is 0 Å². The molecule has 96 valence electrons. The van der Waals surface area contributed by atoms with Gasteiger partial charge in [-0.1, -0.05) is 27.7 Å². The van der Waals surface area contributed by atoms with E-state index in [-0.39, 0.29) is 11.8 Å². The summed E-state index contributed by atoms with van der Waals surface area (Å²) < 4.78 is 5.54. The maximum atomic E-state index is 7.36. The van der Waals surface area contributed by atoms with Gasteiger partial charge < -0.3 is 15.4 Å². The van der Waals surface area contributed by atoms with Crippen LogP contribution in [0, 0.1) is 17.2 Å². The zero-order valence-corrected chi connectivity index (χ0v) is 11.1. The molecule has 0 saturated heterocycles. The van der Waals surface area contributed by atoms with Gasteiger partial charge in [-0.2, -0.15) is 0 Å². The lowest BCUT2D eigenvalue weighted by molar-refractivity contribution is 0.0851. The van der Waals surface area contributed by atoms with Crippen molar-refractivity contribution in [3.63, 3.8) is 0 Å². The largest absolute Gasteiger partial charge is 0.387 e. The Morgan fingerprint density at radius 1 is 1.38 bits per heavy atom. The summed E-state index contributed by atoms with van der Waals surface area (Å²) in [6.45, 7) is 12.7. The van der Waals surface area contributed by atoms with Crippen LogP contribution in [0.1, 0.15) is 27.7 Å². The number of hydrogen-bond acceptors (Lipinski definition) is 3. The van der Waals surface area contributed by atoms with E-state index in [1.54, 1.807) is 0 Å². The predicted molar refractivity (Wildman–Crippen MR) is 68.8 cm³/mol. The second-order valence-corrected chi connectivity index (χ2v) is 4.72. The van der Waals surface area contributed by atoms with Crippen molar-refractivity contribution in [2.24, 2.45) is 17.6 Å². The number of hydrogen-bond donors (Lipinski definition) is 2. The lowest BCUT2D eigenvalue weighted by atomic mass is 10.1. The summed E-state index contributed by atoms with van der Waals surface area (Å²) in [4.78, 5) is 2.27. The van der Waals surface area contributed by atoms with E-state index in [0.717, 1.165) is 32.8 Å². The van der Waals surface area contributed by atoms with Gasteiger partial charge in [-0.05, 0) is 12.5 Å². The Bertz CT molecular complexity index is 195. The minimum absolute atomic E-state index is 0.130. The van der Waals surface area contributed by atoms with E-state index in [2.05, 4.69) is 25.7 Å². The highest BCUT2D eigenvalue weighted by Gasteiger charge is 2.10. The van der Waals surface area contributed by atoms with Crippen LogP contribution in [0.15, 0.2) is 0 Å². The summed E-state index contributed by atoms with van der Waals surface area (Å²) in [7, 11) is 0. The summed E-state index contributed by atoms with van der Waals surface area (Å²) >= 11 is 0. The fraction of sp³-hybridized carbons (Fsp3) is 0.917. The van der Waals surface area contributed by atoms with Crippen LogP contribution in [0.2, 0.25) is 0 Å². The van der Waals surface area contributed by atoms with Crippen molar-refractivity contribution in [2.45, 2.75) is 27.7 Å². The minimum atomic E-state index is 0.130. The molecule has 0 aliphatic heterocycles. The molecule has 0 amide bonds. The first kappa shape index (κ1) is 15.4. The van der Waals surface area contributed by atoms with Crippen LogP contribution in [0.5, 0.6) is 0 Å². The smallest absolute Gasteiger partial charge is 0.0947 e. The molecule has 0 aliphatic rings. The standard InChI is InChI=1S/C12H27N3O/c1-5-15(8-11(4)12(13)14)6-7-16-9-10(2)3/h10-11H,5-9H2,1-4H3,(H3,13,14). The molecule has 4 heteroatoms. The first-order valence-corrected chi connectivity index (χ1v) is 6.11. The third-order valence-corrected chi connectivity index (χ3v) is 2.51. The number of nitrogens with zero attached hydrogens (tertiary/aromatic N) is 1. The summed E-state index contributed by atoms with van der Waals surface area (Å²) in [6, 6.07) is 0. The van der Waals surface area contributed by atoms with Crippen molar-refractivity contribution < 1.29 is 4.74 Å². The third kappa shape index (κ3) is 7.65. The van der Waals surface area contributed by atoms with Crippen molar-refractivity contribution >= 4 is 5.84 Å². The van der Waals surface area contributed by atoms with E-state index in [9.17, 15) is 0 Å². The molecule has 0 aromatic heterocycles. The normalized spacial score (nSPS) is 13.4. The molecular weight excluding hydrogens is 202 g/mol. The van der Waals surface area contributed by atoms with Crippen LogP contribution in [0.3, 0.4) is 0 Å². The topological polar surface area (TPSA) is 62.3 Å². The number of rotatable bonds is 9. The molecule has 1 unspecified atom stereocenters. The molecule has 4 nitrogen and oxygen atoms in total. The zero-order chi connectivity index (χ0) is 12.6. The average molecular weight is 229 g/mol. The molecule has 0 aromatic rings. The SMILES string of the molecule is CCN(CCOCC(C)C)CC(C)C(=N)N. The summed E-state index contributed by atoms with van der Waals surface area (Å²) in [5.74, 6) is 0.984. The van der Waals surface area contributed by atoms with Crippen molar-refractivity contribution in [3.8, 4) is 0 Å². The molecule has 3 N–H and O–H groups in total. The molecule has 0 spiro atoms. The maximum Gasteiger partial charge on any atom is 0.0947 e. The molecular formula is C12H27N3O. The highest BCUT2D eigenvalue weighted by atomic mass is 16.5. The Morgan fingerprint density at radius 3 is 2.44 bits per heavy atom. The van der Waals surface area contributed by atoms with Crippen LogP contribution < -0.4 is 5.73 Å². The first-order valence-electron chi connectivity index (χ1n) is 6.11. The summed E-state index contributed by atoms with van der Waals surface area (Å²) in [6.07, 6.45) is 0. The fourth-order valence-corrected chi connectivity index (χ4v) is 1.38. The molecule has 0 aliphatic carbocycles. The molecule has 0 bridgehead atoms. The highest BCUT2D eigenvalue weighted by Crippen LogP contribution is 2.00. The molecule has 0 fully saturated rings. The van der Waals surface area contributed by atoms with Gasteiger partial charge in [-0.15, -0.1) is 0 Å². The number of likely N-dealkylation sites (N-methyl/N-ethyl adjacent to an activating group) is 1. The van der Waals surface area contributed by atoms with Crippen LogP contribution in [0.25, 0.3) is 0 Å². The Labute approximate surface area is 99.7 Å². The monoisotopic (exact) mass is 229 g/mol. The van der Waals surface area contributed by atoms with E-state index >= 15 is 0 Å². The molecule has 0 saturated carbocycles. The van der Waals surface area contributed by atoms with Gasteiger partial charge in [-0.3, -0.25) is 5.41 Å². The second kappa shape index (κ2) is 8.53. The minimum Gasteiger partial charge on any atom is -0.387 e. The van der Waals surface area contributed by atoms with Gasteiger partial charge in [0.25, 0.3) is 0 Å². The second-order valence-electron chi connectivity index (χ2n) is 4.72. The van der Waals surface area contributed by atoms with Crippen molar-refractivity contribution in [3.05, 3.63) is 0 Å². The van der Waals surface area contributed by atoms with Gasteiger partial charge in [-0.25, -0.2) is 0 Å². The molecule has 16 heavy (non-hydrogen) atoms. The Balaban J connectivity index is 3.71. The average Bonchev–Trinajstić information content (AvgIpc) is 2.21. The fourth-order valence-electron chi connectivity index (χ4n) is 1.38. The van der Waals surface area contributed by atoms with Crippen molar-refractivity contribution in [1.82, 2.24) is 4.90 Å². The number of nitrogens with one attached hydrogen (secondary N) is 1. The van der Waals surface area contributed by atoms with E-state index in [4.69, 9.17) is 15.9 Å². The molecule has 1 atom stereocenters. The summed E-state index contributed by atoms with van der Waals surface area (Å²) in [5, 5.41) is 7.36. The van der Waals surface area contributed by atoms with Gasteiger partial charge in [0, 0.05) is 25.6 Å². The lowest BCUT2D eigenvalue weighted by Gasteiger charge is -2.23. The Hall–Kier alpha value is -0.610. The van der Waals surface area contributed by atoms with Gasteiger partial charge in [0.05, 0.1) is 12.4 Å². The highest BCUT2D eigenvalue weighted by molar-refractivity contribution is 5.79. The van der Waals surface area contributed by atoms with E-state index < -0.39 is 0 Å². The van der Waals surface area contributed by atoms with Crippen molar-refractivity contribution in [1.29, 1.82) is 5.41 Å². The van der Waals surface area contributed by atoms with Crippen LogP contribution in [0.4, 0.5) is 0 Å².